The summed E-state index contributed by atoms with van der Waals surface area (Å²) in [4.78, 5) is 23.5. The molecule has 1 aromatic heterocycles. The maximum atomic E-state index is 12.6. The highest BCUT2D eigenvalue weighted by atomic mass is 16.5. The Morgan fingerprint density at radius 2 is 1.88 bits per heavy atom. The van der Waals surface area contributed by atoms with Gasteiger partial charge >= 0.3 is 0 Å². The number of hydrogen-bond donors (Lipinski definition) is 1. The summed E-state index contributed by atoms with van der Waals surface area (Å²) < 4.78 is 5.30. The van der Waals surface area contributed by atoms with Gasteiger partial charge in [-0.2, -0.15) is 0 Å². The van der Waals surface area contributed by atoms with Crippen molar-refractivity contribution in [3.8, 4) is 5.75 Å². The van der Waals surface area contributed by atoms with Crippen LogP contribution in [-0.4, -0.2) is 36.1 Å². The first-order valence-corrected chi connectivity index (χ1v) is 8.05. The van der Waals surface area contributed by atoms with E-state index in [2.05, 4.69) is 15.3 Å². The van der Waals surface area contributed by atoms with Crippen LogP contribution in [-0.2, 0) is 0 Å². The summed E-state index contributed by atoms with van der Waals surface area (Å²) in [5.74, 6) is 0.905. The third-order valence-electron chi connectivity index (χ3n) is 3.72. The molecule has 0 radical (unpaired) electrons. The third kappa shape index (κ3) is 4.01. The lowest BCUT2D eigenvalue weighted by Crippen LogP contribution is -2.26. The molecule has 0 spiro atoms. The first-order chi connectivity index (χ1) is 11.5. The van der Waals surface area contributed by atoms with Crippen molar-refractivity contribution in [3.05, 3.63) is 41.2 Å². The predicted octanol–water partition coefficient (Wildman–Crippen LogP) is 3.20. The van der Waals surface area contributed by atoms with Crippen LogP contribution in [0.1, 0.15) is 35.6 Å². The van der Waals surface area contributed by atoms with Gasteiger partial charge in [-0.3, -0.25) is 4.79 Å². The number of methoxy groups -OCH3 is 1. The van der Waals surface area contributed by atoms with E-state index in [-0.39, 0.29) is 5.91 Å². The van der Waals surface area contributed by atoms with E-state index >= 15 is 0 Å². The van der Waals surface area contributed by atoms with Crippen molar-refractivity contribution in [1.29, 1.82) is 0 Å². The molecule has 0 atom stereocenters. The highest BCUT2D eigenvalue weighted by Gasteiger charge is 2.15. The Morgan fingerprint density at radius 1 is 1.17 bits per heavy atom. The van der Waals surface area contributed by atoms with Gasteiger partial charge in [0.15, 0.2) is 0 Å². The van der Waals surface area contributed by atoms with Crippen LogP contribution < -0.4 is 15.0 Å². The van der Waals surface area contributed by atoms with Gasteiger partial charge in [0.05, 0.1) is 12.8 Å². The van der Waals surface area contributed by atoms with Crippen molar-refractivity contribution >= 4 is 17.5 Å². The molecule has 1 amide bonds. The molecular weight excluding hydrogens is 304 g/mol. The molecule has 0 saturated carbocycles. The minimum atomic E-state index is -0.280. The van der Waals surface area contributed by atoms with Gasteiger partial charge in [-0.1, -0.05) is 6.07 Å². The van der Waals surface area contributed by atoms with Crippen molar-refractivity contribution in [2.75, 3.05) is 30.4 Å². The number of nitrogens with zero attached hydrogens (tertiary/aromatic N) is 3. The Labute approximate surface area is 142 Å². The molecule has 2 aromatic rings. The lowest BCUT2D eigenvalue weighted by molar-refractivity contribution is 0.102. The highest BCUT2D eigenvalue weighted by molar-refractivity contribution is 6.04. The zero-order valence-electron chi connectivity index (χ0n) is 14.9. The Bertz CT molecular complexity index is 727. The van der Waals surface area contributed by atoms with Gasteiger partial charge in [-0.05, 0) is 51.5 Å². The summed E-state index contributed by atoms with van der Waals surface area (Å²) in [5.41, 5.74) is 2.76. The Morgan fingerprint density at radius 3 is 2.50 bits per heavy atom. The van der Waals surface area contributed by atoms with Crippen molar-refractivity contribution < 1.29 is 9.53 Å². The van der Waals surface area contributed by atoms with Gasteiger partial charge in [-0.25, -0.2) is 9.97 Å². The number of nitrogens with one attached hydrogen (secondary N) is 1. The summed E-state index contributed by atoms with van der Waals surface area (Å²) in [7, 11) is 1.58. The second-order valence-electron chi connectivity index (χ2n) is 5.52. The second-order valence-corrected chi connectivity index (χ2v) is 5.52. The summed E-state index contributed by atoms with van der Waals surface area (Å²) in [6.07, 6.45) is 0. The van der Waals surface area contributed by atoms with Crippen molar-refractivity contribution in [2.45, 2.75) is 27.7 Å². The number of carbonyl (C=O) groups excluding carboxylic acids is 1. The van der Waals surface area contributed by atoms with Gasteiger partial charge in [0.1, 0.15) is 11.4 Å². The molecule has 24 heavy (non-hydrogen) atoms. The first-order valence-electron chi connectivity index (χ1n) is 8.05. The molecule has 0 aliphatic carbocycles. The molecule has 1 aromatic carbocycles. The summed E-state index contributed by atoms with van der Waals surface area (Å²) in [6.45, 7) is 9.46. The maximum absolute atomic E-state index is 12.6. The largest absolute Gasteiger partial charge is 0.495 e. The number of benzene rings is 1. The zero-order valence-corrected chi connectivity index (χ0v) is 14.9. The average Bonchev–Trinajstić information content (AvgIpc) is 2.55. The average molecular weight is 328 g/mol. The van der Waals surface area contributed by atoms with Crippen molar-refractivity contribution in [1.82, 2.24) is 9.97 Å². The fourth-order valence-corrected chi connectivity index (χ4v) is 2.42. The van der Waals surface area contributed by atoms with E-state index in [1.165, 1.54) is 0 Å². The van der Waals surface area contributed by atoms with Crippen LogP contribution in [0, 0.1) is 13.8 Å². The smallest absolute Gasteiger partial charge is 0.274 e. The maximum Gasteiger partial charge on any atom is 0.274 e. The molecule has 0 aliphatic heterocycles. The molecule has 0 bridgehead atoms. The number of rotatable bonds is 6. The van der Waals surface area contributed by atoms with Crippen LogP contribution >= 0.6 is 0 Å². The summed E-state index contributed by atoms with van der Waals surface area (Å²) >= 11 is 0. The SMILES string of the molecule is CCN(CC)c1nc(C)cc(C(=O)Nc2cc(C)ccc2OC)n1. The molecule has 6 nitrogen and oxygen atoms in total. The fraction of sp³-hybridized carbons (Fsp3) is 0.389. The molecule has 128 valence electrons. The number of aryl methyl sites for hydroxylation is 2. The van der Waals surface area contributed by atoms with Crippen molar-refractivity contribution in [3.63, 3.8) is 0 Å². The highest BCUT2D eigenvalue weighted by Crippen LogP contribution is 2.25. The van der Waals surface area contributed by atoms with Crippen LogP contribution in [0.5, 0.6) is 5.75 Å². The van der Waals surface area contributed by atoms with Crippen LogP contribution in [0.15, 0.2) is 24.3 Å². The Balaban J connectivity index is 2.32. The topological polar surface area (TPSA) is 67.4 Å². The Kier molecular flexibility index (Phi) is 5.73. The number of hydrogen-bond acceptors (Lipinski definition) is 5. The van der Waals surface area contributed by atoms with Gasteiger partial charge < -0.3 is 15.0 Å². The molecular formula is C18H24N4O2. The number of ether oxygens (including phenoxy) is 1. The lowest BCUT2D eigenvalue weighted by atomic mass is 10.2. The second kappa shape index (κ2) is 7.77. The Hall–Kier alpha value is -2.63. The van der Waals surface area contributed by atoms with Crippen LogP contribution in [0.4, 0.5) is 11.6 Å². The molecule has 0 fully saturated rings. The zero-order chi connectivity index (χ0) is 17.7. The standard InChI is InChI=1S/C18H24N4O2/c1-6-22(7-2)18-19-13(4)11-15(21-18)17(23)20-14-10-12(3)8-9-16(14)24-5/h8-11H,6-7H2,1-5H3,(H,20,23). The molecule has 1 heterocycles. The van der Waals surface area contributed by atoms with Crippen LogP contribution in [0.2, 0.25) is 0 Å². The number of amides is 1. The number of carbonyl (C=O) groups is 1. The molecule has 0 saturated heterocycles. The van der Waals surface area contributed by atoms with Crippen LogP contribution in [0.3, 0.4) is 0 Å². The minimum absolute atomic E-state index is 0.280. The molecule has 1 N–H and O–H groups in total. The molecule has 2 rings (SSSR count). The van der Waals surface area contributed by atoms with E-state index in [0.717, 1.165) is 24.3 Å². The third-order valence-corrected chi connectivity index (χ3v) is 3.72. The predicted molar refractivity (Wildman–Crippen MR) is 96.0 cm³/mol. The van der Waals surface area contributed by atoms with Gasteiger partial charge in [0, 0.05) is 18.8 Å². The molecule has 6 heteroatoms. The summed E-state index contributed by atoms with van der Waals surface area (Å²) in [5, 5.41) is 2.88. The van der Waals surface area contributed by atoms with E-state index in [9.17, 15) is 4.79 Å². The van der Waals surface area contributed by atoms with Crippen molar-refractivity contribution in [2.24, 2.45) is 0 Å². The first kappa shape index (κ1) is 17.7. The van der Waals surface area contributed by atoms with Gasteiger partial charge in [-0.15, -0.1) is 0 Å². The van der Waals surface area contributed by atoms with E-state index in [1.807, 2.05) is 50.8 Å². The monoisotopic (exact) mass is 328 g/mol. The van der Waals surface area contributed by atoms with E-state index in [4.69, 9.17) is 4.74 Å². The van der Waals surface area contributed by atoms with Gasteiger partial charge in [0.25, 0.3) is 5.91 Å². The lowest BCUT2D eigenvalue weighted by Gasteiger charge is -2.19. The number of anilines is 2. The minimum Gasteiger partial charge on any atom is -0.495 e. The number of aromatic nitrogens is 2. The quantitative estimate of drug-likeness (QED) is 0.882. The van der Waals surface area contributed by atoms with Crippen LogP contribution in [0.25, 0.3) is 0 Å². The normalized spacial score (nSPS) is 10.4. The van der Waals surface area contributed by atoms with Gasteiger partial charge in [0.2, 0.25) is 5.95 Å². The fourth-order valence-electron chi connectivity index (χ4n) is 2.42. The summed E-state index contributed by atoms with van der Waals surface area (Å²) in [6, 6.07) is 7.32. The van der Waals surface area contributed by atoms with E-state index in [1.54, 1.807) is 13.2 Å². The molecule has 0 aliphatic rings. The molecule has 0 unspecified atom stereocenters. The van der Waals surface area contributed by atoms with E-state index in [0.29, 0.717) is 23.1 Å². The van der Waals surface area contributed by atoms with E-state index < -0.39 is 0 Å².